The zero-order chi connectivity index (χ0) is 17.6. The molecule has 0 bridgehead atoms. The first-order valence-electron chi connectivity index (χ1n) is 8.95. The Hall–Kier alpha value is -2.50. The van der Waals surface area contributed by atoms with Crippen LogP contribution >= 0.6 is 0 Å². The molecular weight excluding hydrogens is 314 g/mol. The monoisotopic (exact) mass is 339 g/mol. The molecule has 6 nitrogen and oxygen atoms in total. The van der Waals surface area contributed by atoms with E-state index in [1.165, 1.54) is 12.8 Å². The normalized spacial score (nSPS) is 16.2. The second-order valence-corrected chi connectivity index (χ2v) is 6.57. The molecule has 1 aliphatic heterocycles. The second kappa shape index (κ2) is 8.05. The first-order chi connectivity index (χ1) is 12.1. The summed E-state index contributed by atoms with van der Waals surface area (Å²) in [5.41, 5.74) is 2.26. The average Bonchev–Trinajstić information content (AvgIpc) is 2.91. The molecule has 6 heteroatoms. The molecule has 1 atom stereocenters. The van der Waals surface area contributed by atoms with Crippen molar-refractivity contribution in [3.05, 3.63) is 47.5 Å². The summed E-state index contributed by atoms with van der Waals surface area (Å²) in [6.07, 6.45) is 8.25. The molecule has 25 heavy (non-hydrogen) atoms. The third kappa shape index (κ3) is 4.53. The van der Waals surface area contributed by atoms with E-state index in [0.29, 0.717) is 11.6 Å². The molecule has 2 aromatic heterocycles. The highest BCUT2D eigenvalue weighted by molar-refractivity contribution is 5.92. The Morgan fingerprint density at radius 1 is 1.12 bits per heavy atom. The fourth-order valence-corrected chi connectivity index (χ4v) is 3.09. The van der Waals surface area contributed by atoms with Gasteiger partial charge < -0.3 is 10.2 Å². The number of carbonyl (C=O) groups is 1. The van der Waals surface area contributed by atoms with E-state index in [0.717, 1.165) is 37.2 Å². The number of pyridine rings is 1. The van der Waals surface area contributed by atoms with Crippen LogP contribution in [0.2, 0.25) is 0 Å². The lowest BCUT2D eigenvalue weighted by atomic mass is 10.1. The first kappa shape index (κ1) is 17.3. The van der Waals surface area contributed by atoms with Crippen molar-refractivity contribution in [1.82, 2.24) is 20.3 Å². The van der Waals surface area contributed by atoms with Crippen LogP contribution in [0.5, 0.6) is 0 Å². The van der Waals surface area contributed by atoms with E-state index >= 15 is 0 Å². The Kier molecular flexibility index (Phi) is 5.58. The fraction of sp³-hybridized carbons (Fsp3) is 0.474. The average molecular weight is 339 g/mol. The summed E-state index contributed by atoms with van der Waals surface area (Å²) in [5, 5.41) is 3.01. The summed E-state index contributed by atoms with van der Waals surface area (Å²) in [4.78, 5) is 27.9. The van der Waals surface area contributed by atoms with Crippen molar-refractivity contribution in [2.75, 3.05) is 18.0 Å². The minimum absolute atomic E-state index is 0.104. The van der Waals surface area contributed by atoms with Gasteiger partial charge in [-0.2, -0.15) is 0 Å². The standard InChI is InChI=1S/C19H25N5O/c1-14-13-17(18(25)22-15(2)16-7-9-20-10-8-16)23-19(21-14)24-11-5-3-4-6-12-24/h7-10,13,15H,3-6,11-12H2,1-2H3,(H,22,25)/t15-/m0/s1. The van der Waals surface area contributed by atoms with Crippen LogP contribution in [-0.2, 0) is 0 Å². The molecule has 0 spiro atoms. The van der Waals surface area contributed by atoms with E-state index in [4.69, 9.17) is 0 Å². The smallest absolute Gasteiger partial charge is 0.270 e. The first-order valence-corrected chi connectivity index (χ1v) is 8.95. The van der Waals surface area contributed by atoms with Gasteiger partial charge in [0.25, 0.3) is 5.91 Å². The highest BCUT2D eigenvalue weighted by Gasteiger charge is 2.18. The molecule has 2 aromatic rings. The maximum atomic E-state index is 12.6. The van der Waals surface area contributed by atoms with Gasteiger partial charge in [0.15, 0.2) is 0 Å². The summed E-state index contributed by atoms with van der Waals surface area (Å²) < 4.78 is 0. The number of nitrogens with zero attached hydrogens (tertiary/aromatic N) is 4. The Labute approximate surface area is 148 Å². The molecule has 1 amide bonds. The van der Waals surface area contributed by atoms with Gasteiger partial charge in [-0.05, 0) is 50.5 Å². The lowest BCUT2D eigenvalue weighted by Gasteiger charge is -2.21. The molecule has 1 fully saturated rings. The topological polar surface area (TPSA) is 71.0 Å². The van der Waals surface area contributed by atoms with Crippen molar-refractivity contribution in [3.8, 4) is 0 Å². The molecular formula is C19H25N5O. The number of carbonyl (C=O) groups excluding carboxylic acids is 1. The largest absolute Gasteiger partial charge is 0.344 e. The van der Waals surface area contributed by atoms with Gasteiger partial charge in [-0.3, -0.25) is 9.78 Å². The van der Waals surface area contributed by atoms with E-state index in [9.17, 15) is 4.79 Å². The van der Waals surface area contributed by atoms with Gasteiger partial charge >= 0.3 is 0 Å². The van der Waals surface area contributed by atoms with E-state index in [1.807, 2.05) is 26.0 Å². The molecule has 1 aliphatic rings. The van der Waals surface area contributed by atoms with Crippen LogP contribution in [0.15, 0.2) is 30.6 Å². The van der Waals surface area contributed by atoms with Crippen LogP contribution < -0.4 is 10.2 Å². The molecule has 1 N–H and O–H groups in total. The van der Waals surface area contributed by atoms with E-state index in [2.05, 4.69) is 25.2 Å². The van der Waals surface area contributed by atoms with Crippen molar-refractivity contribution in [2.24, 2.45) is 0 Å². The molecule has 3 rings (SSSR count). The van der Waals surface area contributed by atoms with Crippen molar-refractivity contribution in [1.29, 1.82) is 0 Å². The van der Waals surface area contributed by atoms with Crippen LogP contribution in [0, 0.1) is 6.92 Å². The van der Waals surface area contributed by atoms with E-state index < -0.39 is 0 Å². The van der Waals surface area contributed by atoms with Gasteiger partial charge in [-0.1, -0.05) is 12.8 Å². The quantitative estimate of drug-likeness (QED) is 0.927. The summed E-state index contributed by atoms with van der Waals surface area (Å²) >= 11 is 0. The third-order valence-corrected chi connectivity index (χ3v) is 4.52. The molecule has 3 heterocycles. The number of nitrogens with one attached hydrogen (secondary N) is 1. The second-order valence-electron chi connectivity index (χ2n) is 6.57. The molecule has 0 aliphatic carbocycles. The predicted molar refractivity (Wildman–Crippen MR) is 97.6 cm³/mol. The van der Waals surface area contributed by atoms with Crippen molar-refractivity contribution >= 4 is 11.9 Å². The number of amides is 1. The number of aromatic nitrogens is 3. The minimum atomic E-state index is -0.175. The van der Waals surface area contributed by atoms with Crippen LogP contribution in [0.4, 0.5) is 5.95 Å². The van der Waals surface area contributed by atoms with Crippen LogP contribution in [0.3, 0.4) is 0 Å². The summed E-state index contributed by atoms with van der Waals surface area (Å²) in [6.45, 7) is 5.78. The van der Waals surface area contributed by atoms with Gasteiger partial charge in [-0.25, -0.2) is 9.97 Å². The Bertz CT molecular complexity index is 711. The molecule has 0 saturated carbocycles. The van der Waals surface area contributed by atoms with Gasteiger partial charge in [0, 0.05) is 31.2 Å². The molecule has 0 unspecified atom stereocenters. The minimum Gasteiger partial charge on any atom is -0.344 e. The number of aryl methyl sites for hydroxylation is 1. The third-order valence-electron chi connectivity index (χ3n) is 4.52. The van der Waals surface area contributed by atoms with Gasteiger partial charge in [0.2, 0.25) is 5.95 Å². The van der Waals surface area contributed by atoms with Gasteiger partial charge in [-0.15, -0.1) is 0 Å². The lowest BCUT2D eigenvalue weighted by molar-refractivity contribution is 0.0934. The lowest BCUT2D eigenvalue weighted by Crippen LogP contribution is -2.30. The van der Waals surface area contributed by atoms with Crippen molar-refractivity contribution in [2.45, 2.75) is 45.6 Å². The van der Waals surface area contributed by atoms with Gasteiger partial charge in [0.1, 0.15) is 5.69 Å². The highest BCUT2D eigenvalue weighted by atomic mass is 16.1. The SMILES string of the molecule is Cc1cc(C(=O)N[C@@H](C)c2ccncc2)nc(N2CCCCCC2)n1. The Balaban J connectivity index is 1.76. The predicted octanol–water partition coefficient (Wildman–Crippen LogP) is 3.05. The zero-order valence-electron chi connectivity index (χ0n) is 14.9. The molecule has 0 aromatic carbocycles. The van der Waals surface area contributed by atoms with Crippen LogP contribution in [0.25, 0.3) is 0 Å². The number of anilines is 1. The molecule has 132 valence electrons. The van der Waals surface area contributed by atoms with Crippen molar-refractivity contribution in [3.63, 3.8) is 0 Å². The summed E-state index contributed by atoms with van der Waals surface area (Å²) in [7, 11) is 0. The number of rotatable bonds is 4. The fourth-order valence-electron chi connectivity index (χ4n) is 3.09. The maximum absolute atomic E-state index is 12.6. The Morgan fingerprint density at radius 2 is 1.80 bits per heavy atom. The number of hydrogen-bond donors (Lipinski definition) is 1. The van der Waals surface area contributed by atoms with E-state index in [-0.39, 0.29) is 11.9 Å². The molecule has 0 radical (unpaired) electrons. The van der Waals surface area contributed by atoms with Crippen LogP contribution in [0.1, 0.15) is 60.4 Å². The molecule has 1 saturated heterocycles. The highest BCUT2D eigenvalue weighted by Crippen LogP contribution is 2.17. The van der Waals surface area contributed by atoms with Gasteiger partial charge in [0.05, 0.1) is 6.04 Å². The maximum Gasteiger partial charge on any atom is 0.270 e. The van der Waals surface area contributed by atoms with Crippen LogP contribution in [-0.4, -0.2) is 33.9 Å². The number of hydrogen-bond acceptors (Lipinski definition) is 5. The summed E-state index contributed by atoms with van der Waals surface area (Å²) in [6, 6.07) is 5.44. The van der Waals surface area contributed by atoms with E-state index in [1.54, 1.807) is 18.5 Å². The zero-order valence-corrected chi connectivity index (χ0v) is 14.9. The Morgan fingerprint density at radius 3 is 2.48 bits per heavy atom. The van der Waals surface area contributed by atoms with Crippen molar-refractivity contribution < 1.29 is 4.79 Å². The summed E-state index contributed by atoms with van der Waals surface area (Å²) in [5.74, 6) is 0.495.